The van der Waals surface area contributed by atoms with E-state index in [-0.39, 0.29) is 30.2 Å². The number of nitrogens with one attached hydrogen (secondary N) is 1. The van der Waals surface area contributed by atoms with Gasteiger partial charge in [-0.05, 0) is 31.2 Å². The fourth-order valence-corrected chi connectivity index (χ4v) is 4.63. The monoisotopic (exact) mass is 365 g/mol. The van der Waals surface area contributed by atoms with Crippen LogP contribution in [0.1, 0.15) is 39.5 Å². The van der Waals surface area contributed by atoms with Crippen molar-refractivity contribution in [1.82, 2.24) is 15.1 Å². The summed E-state index contributed by atoms with van der Waals surface area (Å²) < 4.78 is 0. The fourth-order valence-electron chi connectivity index (χ4n) is 4.63. The van der Waals surface area contributed by atoms with E-state index in [9.17, 15) is 4.79 Å². The molecule has 2 saturated heterocycles. The van der Waals surface area contributed by atoms with Crippen molar-refractivity contribution in [1.29, 1.82) is 0 Å². The van der Waals surface area contributed by atoms with Crippen LogP contribution in [-0.4, -0.2) is 61.5 Å². The number of fused-ring (bicyclic) bond motifs is 1. The fraction of sp³-hybridized carbons (Fsp3) is 0.941. The van der Waals surface area contributed by atoms with Gasteiger partial charge in [-0.3, -0.25) is 9.69 Å². The Balaban J connectivity index is 0.00000132. The molecule has 0 aromatic rings. The third kappa shape index (κ3) is 4.33. The summed E-state index contributed by atoms with van der Waals surface area (Å²) in [5.41, 5.74) is -0.0571. The van der Waals surface area contributed by atoms with Gasteiger partial charge < -0.3 is 10.2 Å². The molecule has 1 aliphatic carbocycles. The average molecular weight is 366 g/mol. The minimum atomic E-state index is -0.0571. The maximum absolute atomic E-state index is 13.2. The van der Waals surface area contributed by atoms with Gasteiger partial charge in [0.05, 0.1) is 5.41 Å². The van der Waals surface area contributed by atoms with E-state index in [2.05, 4.69) is 29.0 Å². The number of nitrogens with zero attached hydrogens (tertiary/aromatic N) is 2. The largest absolute Gasteiger partial charge is 0.340 e. The third-order valence-corrected chi connectivity index (χ3v) is 5.75. The van der Waals surface area contributed by atoms with Crippen LogP contribution in [0.15, 0.2) is 0 Å². The number of amides is 1. The van der Waals surface area contributed by atoms with E-state index in [4.69, 9.17) is 0 Å². The van der Waals surface area contributed by atoms with Crippen molar-refractivity contribution in [2.75, 3.05) is 45.8 Å². The molecule has 1 saturated carbocycles. The normalized spacial score (nSPS) is 31.3. The predicted molar refractivity (Wildman–Crippen MR) is 99.6 cm³/mol. The van der Waals surface area contributed by atoms with Gasteiger partial charge in [0.1, 0.15) is 0 Å². The van der Waals surface area contributed by atoms with Gasteiger partial charge in [-0.1, -0.05) is 26.7 Å². The molecule has 1 amide bonds. The van der Waals surface area contributed by atoms with Gasteiger partial charge in [0, 0.05) is 39.3 Å². The lowest BCUT2D eigenvalue weighted by atomic mass is 9.67. The van der Waals surface area contributed by atoms with Crippen molar-refractivity contribution in [3.8, 4) is 0 Å². The first-order valence-corrected chi connectivity index (χ1v) is 8.84. The molecule has 0 bridgehead atoms. The molecule has 0 aromatic heterocycles. The smallest absolute Gasteiger partial charge is 0.230 e. The zero-order valence-corrected chi connectivity index (χ0v) is 16.2. The van der Waals surface area contributed by atoms with Gasteiger partial charge in [0.25, 0.3) is 0 Å². The first-order valence-electron chi connectivity index (χ1n) is 8.84. The second kappa shape index (κ2) is 8.89. The highest BCUT2D eigenvalue weighted by molar-refractivity contribution is 5.85. The predicted octanol–water partition coefficient (Wildman–Crippen LogP) is 2.41. The van der Waals surface area contributed by atoms with Gasteiger partial charge in [0.2, 0.25) is 5.91 Å². The molecule has 0 radical (unpaired) electrons. The maximum atomic E-state index is 13.2. The molecule has 0 unspecified atom stereocenters. The first kappa shape index (κ1) is 21.0. The van der Waals surface area contributed by atoms with E-state index in [1.54, 1.807) is 0 Å². The molecular formula is C17H33Cl2N3O. The van der Waals surface area contributed by atoms with Crippen LogP contribution in [0, 0.1) is 17.3 Å². The Morgan fingerprint density at radius 2 is 1.87 bits per heavy atom. The summed E-state index contributed by atoms with van der Waals surface area (Å²) in [4.78, 5) is 17.8. The summed E-state index contributed by atoms with van der Waals surface area (Å²) in [7, 11) is 0. The summed E-state index contributed by atoms with van der Waals surface area (Å²) >= 11 is 0. The molecule has 0 spiro atoms. The molecule has 2 aliphatic heterocycles. The van der Waals surface area contributed by atoms with E-state index in [1.165, 1.54) is 19.3 Å². The lowest BCUT2D eigenvalue weighted by Crippen LogP contribution is -2.56. The van der Waals surface area contributed by atoms with Crippen molar-refractivity contribution >= 4 is 30.7 Å². The second-order valence-electron chi connectivity index (χ2n) is 7.72. The van der Waals surface area contributed by atoms with Crippen LogP contribution in [-0.2, 0) is 4.79 Å². The standard InChI is InChI=1S/C17H31N3O.2ClH/c1-14(2)12-19-7-9-20(10-8-19)16(21)17-6-4-3-5-15(17)11-18-13-17;;/h14-15,18H,3-13H2,1-2H3;2*1H/t15-,17+;;/m0../s1. The summed E-state index contributed by atoms with van der Waals surface area (Å²) in [5, 5.41) is 3.50. The topological polar surface area (TPSA) is 35.6 Å². The van der Waals surface area contributed by atoms with Crippen molar-refractivity contribution in [3.63, 3.8) is 0 Å². The van der Waals surface area contributed by atoms with Crippen LogP contribution in [0.2, 0.25) is 0 Å². The van der Waals surface area contributed by atoms with Crippen molar-refractivity contribution in [2.24, 2.45) is 17.3 Å². The Bertz CT molecular complexity index is 386. The summed E-state index contributed by atoms with van der Waals surface area (Å²) in [6.07, 6.45) is 4.89. The minimum Gasteiger partial charge on any atom is -0.340 e. The van der Waals surface area contributed by atoms with Crippen LogP contribution >= 0.6 is 24.8 Å². The Labute approximate surface area is 153 Å². The number of piperazine rings is 1. The molecule has 23 heavy (non-hydrogen) atoms. The number of halogens is 2. The lowest BCUT2D eigenvalue weighted by Gasteiger charge is -2.43. The van der Waals surface area contributed by atoms with Crippen LogP contribution in [0.3, 0.4) is 0 Å². The van der Waals surface area contributed by atoms with Crippen molar-refractivity contribution in [3.05, 3.63) is 0 Å². The molecule has 3 fully saturated rings. The van der Waals surface area contributed by atoms with Gasteiger partial charge in [-0.2, -0.15) is 0 Å². The molecule has 6 heteroatoms. The maximum Gasteiger partial charge on any atom is 0.230 e. The van der Waals surface area contributed by atoms with E-state index < -0.39 is 0 Å². The molecule has 3 rings (SSSR count). The Hall–Kier alpha value is -0.0300. The SMILES string of the molecule is CC(C)CN1CCN(C(=O)[C@@]23CCCC[C@H]2CNC3)CC1.Cl.Cl. The van der Waals surface area contributed by atoms with Crippen LogP contribution in [0.25, 0.3) is 0 Å². The van der Waals surface area contributed by atoms with E-state index in [0.29, 0.717) is 17.7 Å². The number of rotatable bonds is 3. The van der Waals surface area contributed by atoms with Crippen LogP contribution in [0.4, 0.5) is 0 Å². The van der Waals surface area contributed by atoms with Crippen molar-refractivity contribution < 1.29 is 4.79 Å². The van der Waals surface area contributed by atoms with E-state index in [0.717, 1.165) is 52.2 Å². The highest BCUT2D eigenvalue weighted by atomic mass is 35.5. The highest BCUT2D eigenvalue weighted by Crippen LogP contribution is 2.45. The van der Waals surface area contributed by atoms with Gasteiger partial charge in [-0.15, -0.1) is 24.8 Å². The summed E-state index contributed by atoms with van der Waals surface area (Å²) in [5.74, 6) is 1.77. The first-order chi connectivity index (χ1) is 10.1. The zero-order valence-electron chi connectivity index (χ0n) is 14.6. The molecule has 4 nitrogen and oxygen atoms in total. The Morgan fingerprint density at radius 3 is 2.52 bits per heavy atom. The minimum absolute atomic E-state index is 0. The second-order valence-corrected chi connectivity index (χ2v) is 7.72. The molecular weight excluding hydrogens is 333 g/mol. The molecule has 3 aliphatic rings. The molecule has 136 valence electrons. The molecule has 2 heterocycles. The van der Waals surface area contributed by atoms with Gasteiger partial charge >= 0.3 is 0 Å². The number of hydrogen-bond acceptors (Lipinski definition) is 3. The highest BCUT2D eigenvalue weighted by Gasteiger charge is 2.51. The van der Waals surface area contributed by atoms with Gasteiger partial charge in [0.15, 0.2) is 0 Å². The number of hydrogen-bond donors (Lipinski definition) is 1. The lowest BCUT2D eigenvalue weighted by molar-refractivity contribution is -0.147. The summed E-state index contributed by atoms with van der Waals surface area (Å²) in [6.45, 7) is 11.6. The molecule has 0 aromatic carbocycles. The Kier molecular flexibility index (Phi) is 8.12. The van der Waals surface area contributed by atoms with Crippen LogP contribution in [0.5, 0.6) is 0 Å². The Morgan fingerprint density at radius 1 is 1.17 bits per heavy atom. The van der Waals surface area contributed by atoms with E-state index in [1.807, 2.05) is 0 Å². The van der Waals surface area contributed by atoms with Crippen LogP contribution < -0.4 is 5.32 Å². The number of carbonyl (C=O) groups is 1. The number of carbonyl (C=O) groups excluding carboxylic acids is 1. The quantitative estimate of drug-likeness (QED) is 0.833. The zero-order chi connectivity index (χ0) is 14.9. The average Bonchev–Trinajstić information content (AvgIpc) is 2.91. The van der Waals surface area contributed by atoms with E-state index >= 15 is 0 Å². The third-order valence-electron chi connectivity index (χ3n) is 5.75. The summed E-state index contributed by atoms with van der Waals surface area (Å²) in [6, 6.07) is 0. The van der Waals surface area contributed by atoms with Gasteiger partial charge in [-0.25, -0.2) is 0 Å². The molecule has 2 atom stereocenters. The van der Waals surface area contributed by atoms with Crippen molar-refractivity contribution in [2.45, 2.75) is 39.5 Å². The molecule has 1 N–H and O–H groups in total.